The molecule has 1 nitrogen and oxygen atoms in total. The van der Waals surface area contributed by atoms with Crippen LogP contribution in [0.25, 0.3) is 0 Å². The molecule has 0 aliphatic carbocycles. The zero-order chi connectivity index (χ0) is 9.46. The fourth-order valence-corrected chi connectivity index (χ4v) is 2.05. The van der Waals surface area contributed by atoms with Crippen molar-refractivity contribution in [3.63, 3.8) is 0 Å². The lowest BCUT2D eigenvalue weighted by atomic mass is 10.4. The molecule has 0 aromatic carbocycles. The van der Waals surface area contributed by atoms with Gasteiger partial charge in [-0.25, -0.2) is 4.42 Å². The van der Waals surface area contributed by atoms with Crippen molar-refractivity contribution < 1.29 is 0 Å². The number of nitrogens with zero attached hydrogens (tertiary/aromatic N) is 1. The summed E-state index contributed by atoms with van der Waals surface area (Å²) in [7, 11) is 0. The predicted molar refractivity (Wildman–Crippen MR) is 54.8 cm³/mol. The van der Waals surface area contributed by atoms with E-state index in [-0.39, 0.29) is 20.3 Å². The summed E-state index contributed by atoms with van der Waals surface area (Å²) in [5.74, 6) is 0. The molecule has 0 N–H and O–H groups in total. The SMILES string of the molecule is ClC1=C(Cl)C(Cl)N(Cl)C(Cl)=C1Cl. The van der Waals surface area contributed by atoms with E-state index < -0.39 is 5.50 Å². The maximum Gasteiger partial charge on any atom is 0.157 e. The first-order valence-corrected chi connectivity index (χ1v) is 4.95. The van der Waals surface area contributed by atoms with Gasteiger partial charge in [0, 0.05) is 11.8 Å². The second-order valence-corrected chi connectivity index (χ2v) is 4.21. The lowest BCUT2D eigenvalue weighted by Crippen LogP contribution is -2.24. The highest BCUT2D eigenvalue weighted by Gasteiger charge is 2.30. The average Bonchev–Trinajstić information content (AvgIpc) is 2.08. The molecule has 0 radical (unpaired) electrons. The Morgan fingerprint density at radius 1 is 1.00 bits per heavy atom. The highest BCUT2D eigenvalue weighted by atomic mass is 35.5. The second-order valence-electron chi connectivity index (χ2n) is 1.91. The second kappa shape index (κ2) is 4.04. The smallest absolute Gasteiger partial charge is 0.157 e. The molecule has 1 aliphatic rings. The van der Waals surface area contributed by atoms with Gasteiger partial charge in [-0.3, -0.25) is 0 Å². The lowest BCUT2D eigenvalue weighted by molar-refractivity contribution is 0.593. The van der Waals surface area contributed by atoms with E-state index in [1.165, 1.54) is 0 Å². The van der Waals surface area contributed by atoms with Gasteiger partial charge in [0.05, 0.1) is 15.1 Å². The molecule has 0 aromatic heterocycles. The third kappa shape index (κ3) is 1.77. The van der Waals surface area contributed by atoms with Gasteiger partial charge >= 0.3 is 0 Å². The molecule has 0 fully saturated rings. The largest absolute Gasteiger partial charge is 0.250 e. The van der Waals surface area contributed by atoms with E-state index in [9.17, 15) is 0 Å². The van der Waals surface area contributed by atoms with Crippen molar-refractivity contribution in [2.45, 2.75) is 5.50 Å². The van der Waals surface area contributed by atoms with E-state index in [0.29, 0.717) is 0 Å². The van der Waals surface area contributed by atoms with Gasteiger partial charge in [-0.15, -0.1) is 0 Å². The van der Waals surface area contributed by atoms with Crippen molar-refractivity contribution in [1.29, 1.82) is 0 Å². The van der Waals surface area contributed by atoms with Gasteiger partial charge in [0.25, 0.3) is 0 Å². The summed E-state index contributed by atoms with van der Waals surface area (Å²) in [5.41, 5.74) is -0.782. The van der Waals surface area contributed by atoms with Crippen LogP contribution in [0.4, 0.5) is 0 Å². The Morgan fingerprint density at radius 3 is 2.00 bits per heavy atom. The number of hydrogen-bond donors (Lipinski definition) is 0. The molecular formula is C5HCl6N. The number of rotatable bonds is 0. The first kappa shape index (κ1) is 11.1. The van der Waals surface area contributed by atoms with Crippen LogP contribution in [0, 0.1) is 0 Å². The summed E-state index contributed by atoms with van der Waals surface area (Å²) >= 11 is 34.0. The Balaban J connectivity index is 3.18. The maximum atomic E-state index is 5.72. The molecule has 1 unspecified atom stereocenters. The Hall–Kier alpha value is 1.02. The molecule has 0 amide bonds. The third-order valence-corrected chi connectivity index (χ3v) is 4.07. The molecule has 68 valence electrons. The standard InChI is InChI=1S/C5HCl6N/c6-1-2(7)4(9)12(11)5(10)3(1)8/h4H. The van der Waals surface area contributed by atoms with Crippen molar-refractivity contribution in [3.05, 3.63) is 20.3 Å². The van der Waals surface area contributed by atoms with Crippen molar-refractivity contribution >= 4 is 69.8 Å². The van der Waals surface area contributed by atoms with Crippen LogP contribution in [0.1, 0.15) is 0 Å². The van der Waals surface area contributed by atoms with Crippen LogP contribution in [-0.4, -0.2) is 9.92 Å². The molecule has 1 heterocycles. The number of halogens is 6. The van der Waals surface area contributed by atoms with Gasteiger partial charge in [0.15, 0.2) is 5.50 Å². The summed E-state index contributed by atoms with van der Waals surface area (Å²) in [6.45, 7) is 0. The van der Waals surface area contributed by atoms with Crippen LogP contribution in [0.2, 0.25) is 0 Å². The number of hydrogen-bond acceptors (Lipinski definition) is 1. The van der Waals surface area contributed by atoms with Gasteiger partial charge < -0.3 is 0 Å². The molecule has 0 spiro atoms. The molecule has 1 rings (SSSR count). The Labute approximate surface area is 99.5 Å². The minimum atomic E-state index is -0.782. The molecule has 1 atom stereocenters. The highest BCUT2D eigenvalue weighted by Crippen LogP contribution is 2.41. The van der Waals surface area contributed by atoms with Crippen LogP contribution >= 0.6 is 69.8 Å². The fraction of sp³-hybridized carbons (Fsp3) is 0.200. The first-order valence-electron chi connectivity index (χ1n) is 2.66. The van der Waals surface area contributed by atoms with Crippen molar-refractivity contribution in [2.24, 2.45) is 0 Å². The highest BCUT2D eigenvalue weighted by molar-refractivity contribution is 6.54. The zero-order valence-corrected chi connectivity index (χ0v) is 9.83. The Kier molecular flexibility index (Phi) is 3.73. The molecule has 0 bridgehead atoms. The molecule has 1 aliphatic heterocycles. The monoisotopic (exact) mass is 285 g/mol. The van der Waals surface area contributed by atoms with Crippen LogP contribution in [0.15, 0.2) is 20.3 Å². The van der Waals surface area contributed by atoms with Gasteiger partial charge in [-0.2, -0.15) is 0 Å². The molecular weight excluding hydrogens is 287 g/mol. The average molecular weight is 288 g/mol. The van der Waals surface area contributed by atoms with E-state index in [0.717, 1.165) is 4.42 Å². The van der Waals surface area contributed by atoms with E-state index in [4.69, 9.17) is 69.8 Å². The summed E-state index contributed by atoms with van der Waals surface area (Å²) in [5, 5.41) is 0.436. The minimum Gasteiger partial charge on any atom is -0.250 e. The van der Waals surface area contributed by atoms with E-state index in [1.807, 2.05) is 0 Å². The number of allylic oxidation sites excluding steroid dienone is 2. The lowest BCUT2D eigenvalue weighted by Gasteiger charge is -2.26. The fourth-order valence-electron chi connectivity index (χ4n) is 0.593. The predicted octanol–water partition coefficient (Wildman–Crippen LogP) is 4.36. The summed E-state index contributed by atoms with van der Waals surface area (Å²) < 4.78 is 1.000. The quantitative estimate of drug-likeness (QED) is 0.364. The first-order chi connectivity index (χ1) is 5.46. The molecule has 0 saturated heterocycles. The molecule has 0 saturated carbocycles. The van der Waals surface area contributed by atoms with Crippen LogP contribution in [0.3, 0.4) is 0 Å². The number of alkyl halides is 1. The van der Waals surface area contributed by atoms with E-state index >= 15 is 0 Å². The molecule has 0 aromatic rings. The van der Waals surface area contributed by atoms with Crippen LogP contribution in [-0.2, 0) is 0 Å². The Bertz CT molecular complexity index is 241. The van der Waals surface area contributed by atoms with Crippen molar-refractivity contribution in [1.82, 2.24) is 4.42 Å². The van der Waals surface area contributed by atoms with Crippen molar-refractivity contribution in [3.8, 4) is 0 Å². The van der Waals surface area contributed by atoms with E-state index in [2.05, 4.69) is 0 Å². The summed E-state index contributed by atoms with van der Waals surface area (Å²) in [4.78, 5) is 0. The maximum absolute atomic E-state index is 5.72. The van der Waals surface area contributed by atoms with Gasteiger partial charge in [-0.05, 0) is 0 Å². The topological polar surface area (TPSA) is 3.24 Å². The zero-order valence-electron chi connectivity index (χ0n) is 5.29. The molecule has 12 heavy (non-hydrogen) atoms. The van der Waals surface area contributed by atoms with E-state index in [1.54, 1.807) is 0 Å². The van der Waals surface area contributed by atoms with Gasteiger partial charge in [0.2, 0.25) is 0 Å². The van der Waals surface area contributed by atoms with Gasteiger partial charge in [0.1, 0.15) is 5.16 Å². The summed E-state index contributed by atoms with van der Waals surface area (Å²) in [6.07, 6.45) is 0. The van der Waals surface area contributed by atoms with Crippen LogP contribution in [0.5, 0.6) is 0 Å². The Morgan fingerprint density at radius 2 is 1.50 bits per heavy atom. The van der Waals surface area contributed by atoms with Gasteiger partial charge in [-0.1, -0.05) is 58.0 Å². The minimum absolute atomic E-state index is 0.0627. The van der Waals surface area contributed by atoms with Crippen molar-refractivity contribution in [2.75, 3.05) is 0 Å². The third-order valence-electron chi connectivity index (χ3n) is 1.18. The normalized spacial score (nSPS) is 25.5. The van der Waals surface area contributed by atoms with Crippen LogP contribution < -0.4 is 0 Å². The summed E-state index contributed by atoms with van der Waals surface area (Å²) in [6, 6.07) is 0. The molecule has 7 heteroatoms.